The van der Waals surface area contributed by atoms with Crippen LogP contribution < -0.4 is 9.64 Å². The van der Waals surface area contributed by atoms with E-state index in [1.165, 1.54) is 5.56 Å². The van der Waals surface area contributed by atoms with Crippen molar-refractivity contribution in [3.63, 3.8) is 0 Å². The molecule has 2 aromatic carbocycles. The minimum Gasteiger partial charge on any atom is -0.487 e. The fourth-order valence-electron chi connectivity index (χ4n) is 4.47. The van der Waals surface area contributed by atoms with Crippen LogP contribution in [-0.2, 0) is 12.5 Å². The van der Waals surface area contributed by atoms with Gasteiger partial charge in [0.15, 0.2) is 5.75 Å². The number of hydrogen-bond donors (Lipinski definition) is 0. The lowest BCUT2D eigenvalue weighted by Crippen LogP contribution is -2.39. The Morgan fingerprint density at radius 2 is 1.60 bits per heavy atom. The van der Waals surface area contributed by atoms with E-state index in [1.807, 2.05) is 6.07 Å². The van der Waals surface area contributed by atoms with Gasteiger partial charge in [0.05, 0.1) is 15.5 Å². The van der Waals surface area contributed by atoms with Crippen molar-refractivity contribution in [2.45, 2.75) is 37.2 Å². The monoisotopic (exact) mass is 442 g/mol. The summed E-state index contributed by atoms with van der Waals surface area (Å²) in [6.45, 7) is 1.72. The summed E-state index contributed by atoms with van der Waals surface area (Å²) in [6, 6.07) is 16.1. The van der Waals surface area contributed by atoms with Crippen molar-refractivity contribution in [1.82, 2.24) is 14.8 Å². The van der Waals surface area contributed by atoms with Crippen LogP contribution in [0.2, 0.25) is 10.0 Å². The second kappa shape index (κ2) is 7.78. The van der Waals surface area contributed by atoms with E-state index in [9.17, 15) is 0 Å². The Labute approximate surface area is 186 Å². The SMILES string of the molecule is Cn1c(N2CCC(Oc3c(Cl)cccc3Cl)CC2)nnc1C1(c2ccccc2)CC1. The van der Waals surface area contributed by atoms with Gasteiger partial charge >= 0.3 is 0 Å². The van der Waals surface area contributed by atoms with E-state index in [4.69, 9.17) is 27.9 Å². The van der Waals surface area contributed by atoms with Crippen LogP contribution in [0.3, 0.4) is 0 Å². The smallest absolute Gasteiger partial charge is 0.226 e. The number of anilines is 1. The molecule has 0 N–H and O–H groups in total. The molecule has 0 amide bonds. The topological polar surface area (TPSA) is 43.2 Å². The average molecular weight is 443 g/mol. The molecule has 30 heavy (non-hydrogen) atoms. The Kier molecular flexibility index (Phi) is 5.11. The molecule has 0 radical (unpaired) electrons. The number of halogens is 2. The zero-order valence-electron chi connectivity index (χ0n) is 16.9. The second-order valence-corrected chi connectivity index (χ2v) is 9.00. The van der Waals surface area contributed by atoms with Crippen molar-refractivity contribution in [3.05, 3.63) is 70.0 Å². The van der Waals surface area contributed by atoms with E-state index >= 15 is 0 Å². The lowest BCUT2D eigenvalue weighted by atomic mass is 9.95. The molecule has 2 heterocycles. The minimum absolute atomic E-state index is 0.0174. The van der Waals surface area contributed by atoms with E-state index in [-0.39, 0.29) is 11.5 Å². The quantitative estimate of drug-likeness (QED) is 0.540. The van der Waals surface area contributed by atoms with E-state index in [2.05, 4.69) is 57.0 Å². The lowest BCUT2D eigenvalue weighted by Gasteiger charge is -2.33. The van der Waals surface area contributed by atoms with Gasteiger partial charge in [0.2, 0.25) is 5.95 Å². The predicted octanol–water partition coefficient (Wildman–Crippen LogP) is 5.25. The van der Waals surface area contributed by atoms with Gasteiger partial charge in [-0.1, -0.05) is 59.6 Å². The van der Waals surface area contributed by atoms with E-state index in [1.54, 1.807) is 12.1 Å². The highest BCUT2D eigenvalue weighted by Crippen LogP contribution is 2.53. The fourth-order valence-corrected chi connectivity index (χ4v) is 4.96. The van der Waals surface area contributed by atoms with Crippen LogP contribution >= 0.6 is 23.2 Å². The molecule has 7 heteroatoms. The van der Waals surface area contributed by atoms with Gasteiger partial charge in [0, 0.05) is 33.0 Å². The molecule has 0 atom stereocenters. The first kappa shape index (κ1) is 19.7. The maximum Gasteiger partial charge on any atom is 0.226 e. The fraction of sp³-hybridized carbons (Fsp3) is 0.391. The summed E-state index contributed by atoms with van der Waals surface area (Å²) in [6.07, 6.45) is 4.10. The Morgan fingerprint density at radius 1 is 0.933 bits per heavy atom. The highest BCUT2D eigenvalue weighted by atomic mass is 35.5. The number of para-hydroxylation sites is 1. The van der Waals surface area contributed by atoms with Crippen molar-refractivity contribution in [1.29, 1.82) is 0 Å². The third-order valence-electron chi connectivity index (χ3n) is 6.28. The van der Waals surface area contributed by atoms with Crippen LogP contribution in [0.25, 0.3) is 0 Å². The number of piperidine rings is 1. The molecule has 1 aromatic heterocycles. The molecule has 0 bridgehead atoms. The molecule has 1 aliphatic carbocycles. The molecule has 5 nitrogen and oxygen atoms in total. The van der Waals surface area contributed by atoms with Crippen LogP contribution in [0.1, 0.15) is 37.1 Å². The Balaban J connectivity index is 1.29. The number of aromatic nitrogens is 3. The lowest BCUT2D eigenvalue weighted by molar-refractivity contribution is 0.170. The van der Waals surface area contributed by atoms with Crippen LogP contribution in [0.5, 0.6) is 5.75 Å². The number of ether oxygens (including phenoxy) is 1. The molecule has 3 aromatic rings. The van der Waals surface area contributed by atoms with Crippen molar-refractivity contribution >= 4 is 29.2 Å². The van der Waals surface area contributed by atoms with Gasteiger partial charge < -0.3 is 9.64 Å². The number of nitrogens with zero attached hydrogens (tertiary/aromatic N) is 4. The van der Waals surface area contributed by atoms with Crippen LogP contribution in [0, 0.1) is 0 Å². The molecule has 0 spiro atoms. The van der Waals surface area contributed by atoms with Gasteiger partial charge in [-0.15, -0.1) is 10.2 Å². The first-order valence-corrected chi connectivity index (χ1v) is 11.1. The predicted molar refractivity (Wildman–Crippen MR) is 120 cm³/mol. The standard InChI is InChI=1S/C23H24Cl2N4O/c1-28-21(23(12-13-23)16-6-3-2-4-7-16)26-27-22(28)29-14-10-17(11-15-29)30-20-18(24)8-5-9-19(20)25/h2-9,17H,10-15H2,1H3. The van der Waals surface area contributed by atoms with Crippen molar-refractivity contribution in [2.75, 3.05) is 18.0 Å². The van der Waals surface area contributed by atoms with Crippen LogP contribution in [-0.4, -0.2) is 34.0 Å². The van der Waals surface area contributed by atoms with Gasteiger partial charge in [-0.3, -0.25) is 4.57 Å². The highest BCUT2D eigenvalue weighted by molar-refractivity contribution is 6.37. The molecular formula is C23H24Cl2N4O. The second-order valence-electron chi connectivity index (χ2n) is 8.19. The molecular weight excluding hydrogens is 419 g/mol. The molecule has 5 rings (SSSR count). The normalized spacial score (nSPS) is 18.4. The van der Waals surface area contributed by atoms with Crippen molar-refractivity contribution in [3.8, 4) is 5.75 Å². The van der Waals surface area contributed by atoms with Gasteiger partial charge in [-0.2, -0.15) is 0 Å². The van der Waals surface area contributed by atoms with Crippen molar-refractivity contribution < 1.29 is 4.74 Å². The molecule has 1 saturated carbocycles. The summed E-state index contributed by atoms with van der Waals surface area (Å²) in [7, 11) is 2.08. The Bertz CT molecular complexity index is 1020. The molecule has 156 valence electrons. The van der Waals surface area contributed by atoms with Gasteiger partial charge in [0.1, 0.15) is 11.9 Å². The third-order valence-corrected chi connectivity index (χ3v) is 6.88. The average Bonchev–Trinajstić information content (AvgIpc) is 3.48. The highest BCUT2D eigenvalue weighted by Gasteiger charge is 2.50. The van der Waals surface area contributed by atoms with Gasteiger partial charge in [0.25, 0.3) is 0 Å². The zero-order valence-corrected chi connectivity index (χ0v) is 18.4. The first-order chi connectivity index (χ1) is 14.6. The molecule has 2 fully saturated rings. The number of hydrogen-bond acceptors (Lipinski definition) is 4. The number of benzene rings is 2. The van der Waals surface area contributed by atoms with Crippen molar-refractivity contribution in [2.24, 2.45) is 7.05 Å². The first-order valence-electron chi connectivity index (χ1n) is 10.4. The van der Waals surface area contributed by atoms with Gasteiger partial charge in [-0.05, 0) is 30.5 Å². The maximum absolute atomic E-state index is 6.25. The van der Waals surface area contributed by atoms with Crippen LogP contribution in [0.4, 0.5) is 5.95 Å². The zero-order chi connectivity index (χ0) is 20.7. The molecule has 2 aliphatic rings. The Morgan fingerprint density at radius 3 is 2.23 bits per heavy atom. The molecule has 1 saturated heterocycles. The summed E-state index contributed by atoms with van der Waals surface area (Å²) >= 11 is 12.5. The maximum atomic E-state index is 6.25. The molecule has 0 unspecified atom stereocenters. The van der Waals surface area contributed by atoms with Crippen LogP contribution in [0.15, 0.2) is 48.5 Å². The van der Waals surface area contributed by atoms with Gasteiger partial charge in [-0.25, -0.2) is 0 Å². The summed E-state index contributed by atoms with van der Waals surface area (Å²) in [5, 5.41) is 10.3. The summed E-state index contributed by atoms with van der Waals surface area (Å²) < 4.78 is 8.30. The largest absolute Gasteiger partial charge is 0.487 e. The van der Waals surface area contributed by atoms with E-state index in [0.717, 1.165) is 50.5 Å². The number of rotatable bonds is 5. The van der Waals surface area contributed by atoms with E-state index < -0.39 is 0 Å². The summed E-state index contributed by atoms with van der Waals surface area (Å²) in [5.41, 5.74) is 1.35. The Hall–Kier alpha value is -2.24. The third kappa shape index (κ3) is 3.44. The summed E-state index contributed by atoms with van der Waals surface area (Å²) in [4.78, 5) is 2.30. The molecule has 1 aliphatic heterocycles. The summed E-state index contributed by atoms with van der Waals surface area (Å²) in [5.74, 6) is 2.57. The van der Waals surface area contributed by atoms with E-state index in [0.29, 0.717) is 15.8 Å². The minimum atomic E-state index is 0.0174.